The second-order valence-corrected chi connectivity index (χ2v) is 5.58. The molecule has 1 heterocycles. The smallest absolute Gasteiger partial charge is 0.317 e. The molecule has 0 aromatic heterocycles. The molecule has 0 spiro atoms. The molecule has 0 aromatic carbocycles. The van der Waals surface area contributed by atoms with Gasteiger partial charge in [-0.1, -0.05) is 27.2 Å². The van der Waals surface area contributed by atoms with E-state index < -0.39 is 11.9 Å². The van der Waals surface area contributed by atoms with Gasteiger partial charge in [-0.2, -0.15) is 0 Å². The first-order valence-corrected chi connectivity index (χ1v) is 6.63. The first kappa shape index (κ1) is 14.8. The third-order valence-corrected chi connectivity index (χ3v) is 4.09. The van der Waals surface area contributed by atoms with Gasteiger partial charge in [0.05, 0.1) is 5.92 Å². The predicted octanol–water partition coefficient (Wildman–Crippen LogP) is 1.93. The van der Waals surface area contributed by atoms with E-state index in [2.05, 4.69) is 19.2 Å². The molecule has 0 aliphatic carbocycles. The van der Waals surface area contributed by atoms with Gasteiger partial charge in [0, 0.05) is 19.6 Å². The van der Waals surface area contributed by atoms with Crippen LogP contribution in [0.4, 0.5) is 4.79 Å². The Bertz CT molecular complexity index is 309. The zero-order chi connectivity index (χ0) is 13.8. The zero-order valence-corrected chi connectivity index (χ0v) is 11.5. The summed E-state index contributed by atoms with van der Waals surface area (Å²) in [6.07, 6.45) is 3.18. The monoisotopic (exact) mass is 256 g/mol. The van der Waals surface area contributed by atoms with Crippen molar-refractivity contribution in [2.24, 2.45) is 11.3 Å². The van der Waals surface area contributed by atoms with Crippen LogP contribution in [0, 0.1) is 11.3 Å². The molecule has 1 atom stereocenters. The van der Waals surface area contributed by atoms with Crippen molar-refractivity contribution in [1.82, 2.24) is 10.2 Å². The lowest BCUT2D eigenvalue weighted by molar-refractivity contribution is -0.140. The predicted molar refractivity (Wildman–Crippen MR) is 69.4 cm³/mol. The van der Waals surface area contributed by atoms with Crippen LogP contribution in [0.2, 0.25) is 0 Å². The third kappa shape index (κ3) is 3.89. The van der Waals surface area contributed by atoms with Crippen LogP contribution in [0.15, 0.2) is 0 Å². The highest BCUT2D eigenvalue weighted by Crippen LogP contribution is 2.33. The summed E-state index contributed by atoms with van der Waals surface area (Å²) in [6.45, 7) is 7.75. The van der Waals surface area contributed by atoms with E-state index in [0.717, 1.165) is 32.4 Å². The molecule has 18 heavy (non-hydrogen) atoms. The number of carbonyl (C=O) groups excluding carboxylic acids is 1. The Morgan fingerprint density at radius 1 is 1.39 bits per heavy atom. The third-order valence-electron chi connectivity index (χ3n) is 4.09. The lowest BCUT2D eigenvalue weighted by Gasteiger charge is -2.38. The van der Waals surface area contributed by atoms with Crippen LogP contribution in [-0.4, -0.2) is 41.6 Å². The largest absolute Gasteiger partial charge is 0.481 e. The number of carboxylic acids is 1. The van der Waals surface area contributed by atoms with Gasteiger partial charge in [0.2, 0.25) is 0 Å². The average molecular weight is 256 g/mol. The van der Waals surface area contributed by atoms with Crippen molar-refractivity contribution in [2.75, 3.05) is 19.6 Å². The van der Waals surface area contributed by atoms with Crippen LogP contribution in [0.1, 0.15) is 40.0 Å². The van der Waals surface area contributed by atoms with E-state index in [0.29, 0.717) is 5.41 Å². The topological polar surface area (TPSA) is 69.6 Å². The highest BCUT2D eigenvalue weighted by Gasteiger charge is 2.30. The standard InChI is InChI=1S/C13H24N2O3/c1-4-13(3)5-7-15(8-6-13)12(18)14-9-10(2)11(16)17/h10H,4-9H2,1-3H3,(H,14,18)(H,16,17). The molecule has 1 aliphatic rings. The van der Waals surface area contributed by atoms with Crippen LogP contribution < -0.4 is 5.32 Å². The summed E-state index contributed by atoms with van der Waals surface area (Å²) in [5.74, 6) is -1.42. The van der Waals surface area contributed by atoms with Crippen LogP contribution in [0.3, 0.4) is 0 Å². The fourth-order valence-electron chi connectivity index (χ4n) is 2.04. The first-order valence-electron chi connectivity index (χ1n) is 6.63. The number of piperidine rings is 1. The Morgan fingerprint density at radius 3 is 2.39 bits per heavy atom. The number of likely N-dealkylation sites (tertiary alicyclic amines) is 1. The van der Waals surface area contributed by atoms with Gasteiger partial charge in [0.25, 0.3) is 0 Å². The zero-order valence-electron chi connectivity index (χ0n) is 11.5. The maximum Gasteiger partial charge on any atom is 0.317 e. The van der Waals surface area contributed by atoms with Crippen LogP contribution in [0.5, 0.6) is 0 Å². The quantitative estimate of drug-likeness (QED) is 0.807. The van der Waals surface area contributed by atoms with E-state index >= 15 is 0 Å². The minimum atomic E-state index is -0.882. The summed E-state index contributed by atoms with van der Waals surface area (Å²) in [5.41, 5.74) is 0.352. The molecule has 1 saturated heterocycles. The molecule has 0 radical (unpaired) electrons. The van der Waals surface area contributed by atoms with Gasteiger partial charge in [0.1, 0.15) is 0 Å². The van der Waals surface area contributed by atoms with Crippen molar-refractivity contribution in [3.05, 3.63) is 0 Å². The van der Waals surface area contributed by atoms with Gasteiger partial charge in [-0.15, -0.1) is 0 Å². The Morgan fingerprint density at radius 2 is 1.94 bits per heavy atom. The summed E-state index contributed by atoms with van der Waals surface area (Å²) in [5, 5.41) is 11.4. The maximum atomic E-state index is 11.8. The lowest BCUT2D eigenvalue weighted by atomic mass is 9.78. The van der Waals surface area contributed by atoms with Gasteiger partial charge in [-0.3, -0.25) is 4.79 Å². The van der Waals surface area contributed by atoms with Gasteiger partial charge in [0.15, 0.2) is 0 Å². The van der Waals surface area contributed by atoms with Crippen molar-refractivity contribution in [3.8, 4) is 0 Å². The number of amides is 2. The van der Waals surface area contributed by atoms with Gasteiger partial charge in [-0.05, 0) is 18.3 Å². The summed E-state index contributed by atoms with van der Waals surface area (Å²) < 4.78 is 0. The second-order valence-electron chi connectivity index (χ2n) is 5.58. The first-order chi connectivity index (χ1) is 8.38. The molecular weight excluding hydrogens is 232 g/mol. The van der Waals surface area contributed by atoms with Gasteiger partial charge >= 0.3 is 12.0 Å². The van der Waals surface area contributed by atoms with E-state index in [-0.39, 0.29) is 12.6 Å². The molecule has 0 aromatic rings. The number of hydrogen-bond donors (Lipinski definition) is 2. The number of urea groups is 1. The number of rotatable bonds is 4. The van der Waals surface area contributed by atoms with E-state index in [1.807, 2.05) is 0 Å². The van der Waals surface area contributed by atoms with E-state index in [9.17, 15) is 9.59 Å². The average Bonchev–Trinajstić information content (AvgIpc) is 2.36. The molecule has 1 aliphatic heterocycles. The minimum Gasteiger partial charge on any atom is -0.481 e. The molecule has 0 saturated carbocycles. The van der Waals surface area contributed by atoms with Crippen molar-refractivity contribution < 1.29 is 14.7 Å². The summed E-state index contributed by atoms with van der Waals surface area (Å²) in [4.78, 5) is 24.3. The Balaban J connectivity index is 2.34. The van der Waals surface area contributed by atoms with Crippen LogP contribution in [0.25, 0.3) is 0 Å². The summed E-state index contributed by atoms with van der Waals surface area (Å²) >= 11 is 0. The normalized spacial score (nSPS) is 20.3. The molecule has 2 amide bonds. The van der Waals surface area contributed by atoms with Gasteiger partial charge in [-0.25, -0.2) is 4.79 Å². The highest BCUT2D eigenvalue weighted by molar-refractivity contribution is 5.76. The molecule has 5 nitrogen and oxygen atoms in total. The summed E-state index contributed by atoms with van der Waals surface area (Å²) in [7, 11) is 0. The van der Waals surface area contributed by atoms with Crippen molar-refractivity contribution in [2.45, 2.75) is 40.0 Å². The molecule has 1 rings (SSSR count). The van der Waals surface area contributed by atoms with E-state index in [1.54, 1.807) is 11.8 Å². The summed E-state index contributed by atoms with van der Waals surface area (Å²) in [6, 6.07) is -0.138. The number of carboxylic acid groups (broad SMARTS) is 1. The fraction of sp³-hybridized carbons (Fsp3) is 0.846. The fourth-order valence-corrected chi connectivity index (χ4v) is 2.04. The maximum absolute atomic E-state index is 11.8. The van der Waals surface area contributed by atoms with E-state index in [1.165, 1.54) is 0 Å². The number of nitrogens with one attached hydrogen (secondary N) is 1. The Hall–Kier alpha value is -1.26. The van der Waals surface area contributed by atoms with Crippen molar-refractivity contribution in [1.29, 1.82) is 0 Å². The minimum absolute atomic E-state index is 0.138. The van der Waals surface area contributed by atoms with Crippen molar-refractivity contribution in [3.63, 3.8) is 0 Å². The number of carbonyl (C=O) groups is 2. The van der Waals surface area contributed by atoms with Crippen LogP contribution >= 0.6 is 0 Å². The SMILES string of the molecule is CCC1(C)CCN(C(=O)NCC(C)C(=O)O)CC1. The molecule has 104 valence electrons. The van der Waals surface area contributed by atoms with Gasteiger partial charge < -0.3 is 15.3 Å². The molecule has 2 N–H and O–H groups in total. The molecular formula is C13H24N2O3. The Kier molecular flexibility index (Phi) is 4.99. The molecule has 0 bridgehead atoms. The molecule has 1 fully saturated rings. The second kappa shape index (κ2) is 6.07. The number of aliphatic carboxylic acids is 1. The van der Waals surface area contributed by atoms with Crippen LogP contribution in [-0.2, 0) is 4.79 Å². The van der Waals surface area contributed by atoms with E-state index in [4.69, 9.17) is 5.11 Å². The number of hydrogen-bond acceptors (Lipinski definition) is 2. The highest BCUT2D eigenvalue weighted by atomic mass is 16.4. The molecule has 1 unspecified atom stereocenters. The lowest BCUT2D eigenvalue weighted by Crippen LogP contribution is -2.47. The number of nitrogens with zero attached hydrogens (tertiary/aromatic N) is 1. The van der Waals surface area contributed by atoms with Crippen molar-refractivity contribution >= 4 is 12.0 Å². The molecule has 5 heteroatoms. The Labute approximate surface area is 109 Å².